The summed E-state index contributed by atoms with van der Waals surface area (Å²) in [7, 11) is 0. The highest BCUT2D eigenvalue weighted by Crippen LogP contribution is 2.29. The molecule has 0 saturated carbocycles. The lowest BCUT2D eigenvalue weighted by atomic mass is 10.1. The molecule has 0 aliphatic carbocycles. The van der Waals surface area contributed by atoms with Gasteiger partial charge in [-0.15, -0.1) is 0 Å². The number of nitrogens with zero attached hydrogens (tertiary/aromatic N) is 1. The Balaban J connectivity index is 1.94. The van der Waals surface area contributed by atoms with Crippen molar-refractivity contribution in [2.75, 3.05) is 10.6 Å². The molecule has 0 bridgehead atoms. The lowest BCUT2D eigenvalue weighted by Gasteiger charge is -2.16. The highest BCUT2D eigenvalue weighted by molar-refractivity contribution is 6.10. The van der Waals surface area contributed by atoms with Crippen LogP contribution in [0.15, 0.2) is 42.5 Å². The van der Waals surface area contributed by atoms with Crippen molar-refractivity contribution in [2.24, 2.45) is 0 Å². The Kier molecular flexibility index (Phi) is 2.75. The van der Waals surface area contributed by atoms with Crippen LogP contribution in [0.4, 0.5) is 11.4 Å². The minimum Gasteiger partial charge on any atom is -0.399 e. The zero-order valence-electron chi connectivity index (χ0n) is 10.9. The van der Waals surface area contributed by atoms with E-state index in [0.717, 1.165) is 23.2 Å². The van der Waals surface area contributed by atoms with Gasteiger partial charge in [0.2, 0.25) is 0 Å². The van der Waals surface area contributed by atoms with E-state index in [-0.39, 0.29) is 5.91 Å². The zero-order valence-corrected chi connectivity index (χ0v) is 10.9. The zero-order chi connectivity index (χ0) is 13.4. The van der Waals surface area contributed by atoms with Crippen molar-refractivity contribution in [3.05, 3.63) is 59.2 Å². The average molecular weight is 252 g/mol. The number of carbonyl (C=O) groups is 1. The molecule has 0 radical (unpaired) electrons. The predicted octanol–water partition coefficient (Wildman–Crippen LogP) is 2.99. The van der Waals surface area contributed by atoms with Crippen LogP contribution in [-0.4, -0.2) is 5.91 Å². The molecule has 2 N–H and O–H groups in total. The number of nitrogens with two attached hydrogens (primary N) is 1. The maximum Gasteiger partial charge on any atom is 0.259 e. The number of aryl methyl sites for hydroxylation is 1. The smallest absolute Gasteiger partial charge is 0.259 e. The summed E-state index contributed by atoms with van der Waals surface area (Å²) in [6, 6.07) is 13.7. The summed E-state index contributed by atoms with van der Waals surface area (Å²) in [5, 5.41) is 0. The van der Waals surface area contributed by atoms with Gasteiger partial charge in [0.25, 0.3) is 5.91 Å². The fourth-order valence-electron chi connectivity index (χ4n) is 2.44. The number of carbonyl (C=O) groups excluding carboxylic acids is 1. The van der Waals surface area contributed by atoms with Crippen molar-refractivity contribution < 1.29 is 4.79 Å². The third-order valence-corrected chi connectivity index (χ3v) is 3.59. The molecule has 0 fully saturated rings. The molecule has 1 aliphatic rings. The largest absolute Gasteiger partial charge is 0.399 e. The number of fused-ring (bicyclic) bond motifs is 1. The number of anilines is 2. The van der Waals surface area contributed by atoms with Gasteiger partial charge in [0, 0.05) is 16.9 Å². The Morgan fingerprint density at radius 3 is 2.58 bits per heavy atom. The standard InChI is InChI=1S/C16H16N2O/c1-2-11-3-7-14(8-4-11)18-10-12-5-6-13(17)9-15(12)16(18)19/h3-9H,2,10,17H2,1H3. The number of nitrogen functional groups attached to an aromatic ring is 1. The number of hydrogen-bond acceptors (Lipinski definition) is 2. The van der Waals surface area contributed by atoms with Crippen LogP contribution >= 0.6 is 0 Å². The van der Waals surface area contributed by atoms with E-state index in [0.29, 0.717) is 12.2 Å². The second-order valence-electron chi connectivity index (χ2n) is 4.83. The van der Waals surface area contributed by atoms with E-state index >= 15 is 0 Å². The van der Waals surface area contributed by atoms with E-state index in [1.165, 1.54) is 5.56 Å². The highest BCUT2D eigenvalue weighted by Gasteiger charge is 2.28. The summed E-state index contributed by atoms with van der Waals surface area (Å²) in [6.45, 7) is 2.74. The van der Waals surface area contributed by atoms with Gasteiger partial charge < -0.3 is 10.6 Å². The van der Waals surface area contributed by atoms with Crippen LogP contribution in [0.1, 0.15) is 28.4 Å². The van der Waals surface area contributed by atoms with Gasteiger partial charge in [0.1, 0.15) is 0 Å². The summed E-state index contributed by atoms with van der Waals surface area (Å²) in [5.74, 6) is 0.0338. The van der Waals surface area contributed by atoms with Crippen LogP contribution in [-0.2, 0) is 13.0 Å². The summed E-state index contributed by atoms with van der Waals surface area (Å²) in [4.78, 5) is 14.2. The summed E-state index contributed by atoms with van der Waals surface area (Å²) >= 11 is 0. The van der Waals surface area contributed by atoms with Gasteiger partial charge in [-0.05, 0) is 41.8 Å². The maximum absolute atomic E-state index is 12.4. The number of hydrogen-bond donors (Lipinski definition) is 1. The first-order valence-corrected chi connectivity index (χ1v) is 6.48. The molecule has 0 aromatic heterocycles. The Hall–Kier alpha value is -2.29. The Labute approximate surface area is 112 Å². The Bertz CT molecular complexity index is 632. The second kappa shape index (κ2) is 4.43. The van der Waals surface area contributed by atoms with Crippen LogP contribution in [0, 0.1) is 0 Å². The third kappa shape index (κ3) is 1.97. The van der Waals surface area contributed by atoms with Gasteiger partial charge >= 0.3 is 0 Å². The van der Waals surface area contributed by atoms with E-state index in [9.17, 15) is 4.79 Å². The highest BCUT2D eigenvalue weighted by atomic mass is 16.2. The molecular formula is C16H16N2O. The van der Waals surface area contributed by atoms with E-state index in [4.69, 9.17) is 5.73 Å². The maximum atomic E-state index is 12.4. The molecule has 0 spiro atoms. The molecule has 2 aromatic rings. The van der Waals surface area contributed by atoms with Crippen LogP contribution in [0.2, 0.25) is 0 Å². The van der Waals surface area contributed by atoms with Gasteiger partial charge in [-0.1, -0.05) is 25.1 Å². The van der Waals surface area contributed by atoms with E-state index in [2.05, 4.69) is 19.1 Å². The lowest BCUT2D eigenvalue weighted by Crippen LogP contribution is -2.22. The summed E-state index contributed by atoms with van der Waals surface area (Å²) < 4.78 is 0. The average Bonchev–Trinajstić information content (AvgIpc) is 2.76. The molecular weight excluding hydrogens is 236 g/mol. The molecule has 3 nitrogen and oxygen atoms in total. The van der Waals surface area contributed by atoms with Crippen LogP contribution in [0.25, 0.3) is 0 Å². The molecule has 96 valence electrons. The summed E-state index contributed by atoms with van der Waals surface area (Å²) in [6.07, 6.45) is 1.00. The Morgan fingerprint density at radius 2 is 1.89 bits per heavy atom. The van der Waals surface area contributed by atoms with Crippen molar-refractivity contribution in [3.63, 3.8) is 0 Å². The minimum absolute atomic E-state index is 0.0338. The van der Waals surface area contributed by atoms with Crippen molar-refractivity contribution in [1.82, 2.24) is 0 Å². The summed E-state index contributed by atoms with van der Waals surface area (Å²) in [5.41, 5.74) is 10.4. The Morgan fingerprint density at radius 1 is 1.16 bits per heavy atom. The van der Waals surface area contributed by atoms with Gasteiger partial charge in [-0.2, -0.15) is 0 Å². The minimum atomic E-state index is 0.0338. The first kappa shape index (κ1) is 11.8. The van der Waals surface area contributed by atoms with Crippen molar-refractivity contribution >= 4 is 17.3 Å². The van der Waals surface area contributed by atoms with Gasteiger partial charge in [0.05, 0.1) is 6.54 Å². The fraction of sp³-hybridized carbons (Fsp3) is 0.188. The molecule has 0 atom stereocenters. The molecule has 3 heteroatoms. The second-order valence-corrected chi connectivity index (χ2v) is 4.83. The molecule has 1 heterocycles. The normalized spacial score (nSPS) is 13.7. The molecule has 19 heavy (non-hydrogen) atoms. The van der Waals surface area contributed by atoms with Crippen LogP contribution in [0.5, 0.6) is 0 Å². The molecule has 2 aromatic carbocycles. The quantitative estimate of drug-likeness (QED) is 0.835. The molecule has 0 unspecified atom stereocenters. The van der Waals surface area contributed by atoms with Crippen LogP contribution < -0.4 is 10.6 Å². The van der Waals surface area contributed by atoms with Gasteiger partial charge in [-0.25, -0.2) is 0 Å². The topological polar surface area (TPSA) is 46.3 Å². The van der Waals surface area contributed by atoms with E-state index in [1.54, 1.807) is 11.0 Å². The molecule has 1 amide bonds. The lowest BCUT2D eigenvalue weighted by molar-refractivity contribution is 0.0996. The van der Waals surface area contributed by atoms with Crippen molar-refractivity contribution in [3.8, 4) is 0 Å². The number of benzene rings is 2. The number of amides is 1. The number of rotatable bonds is 2. The SMILES string of the molecule is CCc1ccc(N2Cc3ccc(N)cc3C2=O)cc1. The monoisotopic (exact) mass is 252 g/mol. The van der Waals surface area contributed by atoms with E-state index < -0.39 is 0 Å². The van der Waals surface area contributed by atoms with Gasteiger partial charge in [0.15, 0.2) is 0 Å². The molecule has 1 aliphatic heterocycles. The van der Waals surface area contributed by atoms with E-state index in [1.807, 2.05) is 24.3 Å². The first-order chi connectivity index (χ1) is 9.19. The molecule has 0 saturated heterocycles. The van der Waals surface area contributed by atoms with Crippen molar-refractivity contribution in [1.29, 1.82) is 0 Å². The first-order valence-electron chi connectivity index (χ1n) is 6.48. The van der Waals surface area contributed by atoms with Gasteiger partial charge in [-0.3, -0.25) is 4.79 Å². The fourth-order valence-corrected chi connectivity index (χ4v) is 2.44. The predicted molar refractivity (Wildman–Crippen MR) is 77.2 cm³/mol. The van der Waals surface area contributed by atoms with Crippen LogP contribution in [0.3, 0.4) is 0 Å². The molecule has 3 rings (SSSR count). The van der Waals surface area contributed by atoms with Crippen molar-refractivity contribution in [2.45, 2.75) is 19.9 Å². The third-order valence-electron chi connectivity index (χ3n) is 3.59.